The van der Waals surface area contributed by atoms with Crippen molar-refractivity contribution in [3.05, 3.63) is 41.6 Å². The van der Waals surface area contributed by atoms with E-state index in [0.717, 1.165) is 0 Å². The van der Waals surface area contributed by atoms with E-state index in [0.29, 0.717) is 28.7 Å². The van der Waals surface area contributed by atoms with E-state index in [9.17, 15) is 9.59 Å². The van der Waals surface area contributed by atoms with Gasteiger partial charge in [-0.1, -0.05) is 18.2 Å². The summed E-state index contributed by atoms with van der Waals surface area (Å²) < 4.78 is 5.32. The Kier molecular flexibility index (Phi) is 5.48. The molecule has 0 saturated heterocycles. The van der Waals surface area contributed by atoms with Crippen molar-refractivity contribution in [3.63, 3.8) is 0 Å². The standard InChI is InChI=1S/C18H19N3O3/c1-12-11-15(14-7-4-5-8-16(14)20-12)18(23)24-13(2)17(22)21(3)10-6-9-19/h4-5,7-8,11,13H,6,10H2,1-3H3/t13-/m1/s1. The van der Waals surface area contributed by atoms with Crippen LogP contribution in [-0.2, 0) is 9.53 Å². The first-order valence-electron chi connectivity index (χ1n) is 7.63. The summed E-state index contributed by atoms with van der Waals surface area (Å²) in [4.78, 5) is 30.4. The number of hydrogen-bond donors (Lipinski definition) is 0. The number of esters is 1. The number of pyridine rings is 1. The van der Waals surface area contributed by atoms with Gasteiger partial charge in [-0.2, -0.15) is 5.26 Å². The number of aryl methyl sites for hydroxylation is 1. The quantitative estimate of drug-likeness (QED) is 0.789. The zero-order valence-electron chi connectivity index (χ0n) is 13.9. The van der Waals surface area contributed by atoms with Crippen LogP contribution < -0.4 is 0 Å². The van der Waals surface area contributed by atoms with E-state index in [4.69, 9.17) is 10.00 Å². The third-order valence-corrected chi connectivity index (χ3v) is 3.63. The number of amides is 1. The van der Waals surface area contributed by atoms with Gasteiger partial charge < -0.3 is 9.64 Å². The van der Waals surface area contributed by atoms with E-state index in [1.54, 1.807) is 26.1 Å². The van der Waals surface area contributed by atoms with Crippen LogP contribution in [0.4, 0.5) is 0 Å². The van der Waals surface area contributed by atoms with Crippen molar-refractivity contribution in [2.45, 2.75) is 26.4 Å². The molecule has 24 heavy (non-hydrogen) atoms. The molecule has 6 nitrogen and oxygen atoms in total. The maximum Gasteiger partial charge on any atom is 0.339 e. The van der Waals surface area contributed by atoms with Gasteiger partial charge in [-0.3, -0.25) is 9.78 Å². The Labute approximate surface area is 140 Å². The van der Waals surface area contributed by atoms with Crippen LogP contribution in [0.5, 0.6) is 0 Å². The molecule has 0 N–H and O–H groups in total. The van der Waals surface area contributed by atoms with Crippen molar-refractivity contribution in [2.24, 2.45) is 0 Å². The van der Waals surface area contributed by atoms with Crippen LogP contribution in [0.2, 0.25) is 0 Å². The molecule has 1 aromatic carbocycles. The average Bonchev–Trinajstić information content (AvgIpc) is 2.57. The van der Waals surface area contributed by atoms with Gasteiger partial charge in [-0.25, -0.2) is 4.79 Å². The van der Waals surface area contributed by atoms with Crippen molar-refractivity contribution in [3.8, 4) is 6.07 Å². The smallest absolute Gasteiger partial charge is 0.339 e. The summed E-state index contributed by atoms with van der Waals surface area (Å²) in [5.41, 5.74) is 1.79. The maximum atomic E-state index is 12.5. The minimum atomic E-state index is -0.923. The van der Waals surface area contributed by atoms with Crippen LogP contribution in [0.15, 0.2) is 30.3 Å². The number of para-hydroxylation sites is 1. The molecule has 6 heteroatoms. The lowest BCUT2D eigenvalue weighted by Crippen LogP contribution is -2.37. The molecule has 0 unspecified atom stereocenters. The molecule has 0 radical (unpaired) electrons. The first kappa shape index (κ1) is 17.4. The summed E-state index contributed by atoms with van der Waals surface area (Å²) in [6, 6.07) is 10.9. The Hall–Kier alpha value is -2.94. The zero-order chi connectivity index (χ0) is 17.7. The lowest BCUT2D eigenvalue weighted by Gasteiger charge is -2.20. The number of aromatic nitrogens is 1. The molecular formula is C18H19N3O3. The van der Waals surface area contributed by atoms with Crippen LogP contribution >= 0.6 is 0 Å². The fourth-order valence-corrected chi connectivity index (χ4v) is 2.39. The minimum absolute atomic E-state index is 0.233. The molecule has 1 heterocycles. The van der Waals surface area contributed by atoms with E-state index in [1.165, 1.54) is 11.8 Å². The molecule has 0 bridgehead atoms. The number of hydrogen-bond acceptors (Lipinski definition) is 5. The van der Waals surface area contributed by atoms with Crippen LogP contribution in [0.3, 0.4) is 0 Å². The van der Waals surface area contributed by atoms with Gasteiger partial charge in [0.05, 0.1) is 23.6 Å². The number of nitriles is 1. The largest absolute Gasteiger partial charge is 0.449 e. The molecule has 2 aromatic rings. The number of benzene rings is 1. The first-order valence-corrected chi connectivity index (χ1v) is 7.63. The second kappa shape index (κ2) is 7.55. The monoisotopic (exact) mass is 325 g/mol. The molecule has 0 aliphatic carbocycles. The Morgan fingerprint density at radius 2 is 2.08 bits per heavy atom. The van der Waals surface area contributed by atoms with Gasteiger partial charge in [-0.15, -0.1) is 0 Å². The summed E-state index contributed by atoms with van der Waals surface area (Å²) in [6.45, 7) is 3.63. The molecule has 0 aliphatic heterocycles. The predicted octanol–water partition coefficient (Wildman–Crippen LogP) is 2.46. The number of rotatable bonds is 5. The molecule has 0 spiro atoms. The Morgan fingerprint density at radius 3 is 2.79 bits per heavy atom. The highest BCUT2D eigenvalue weighted by Crippen LogP contribution is 2.19. The molecular weight excluding hydrogens is 306 g/mol. The van der Waals surface area contributed by atoms with Gasteiger partial charge in [0.1, 0.15) is 0 Å². The Bertz CT molecular complexity index is 811. The van der Waals surface area contributed by atoms with Crippen LogP contribution in [0, 0.1) is 18.3 Å². The van der Waals surface area contributed by atoms with Crippen molar-refractivity contribution < 1.29 is 14.3 Å². The van der Waals surface area contributed by atoms with E-state index in [1.807, 2.05) is 24.3 Å². The lowest BCUT2D eigenvalue weighted by atomic mass is 10.1. The van der Waals surface area contributed by atoms with Crippen LogP contribution in [0.1, 0.15) is 29.4 Å². The number of carbonyl (C=O) groups excluding carboxylic acids is 2. The zero-order valence-corrected chi connectivity index (χ0v) is 13.9. The second-order valence-electron chi connectivity index (χ2n) is 5.54. The summed E-state index contributed by atoms with van der Waals surface area (Å²) >= 11 is 0. The summed E-state index contributed by atoms with van der Waals surface area (Å²) in [5.74, 6) is -0.903. The van der Waals surface area contributed by atoms with Crippen molar-refractivity contribution >= 4 is 22.8 Å². The van der Waals surface area contributed by atoms with Gasteiger partial charge >= 0.3 is 5.97 Å². The molecule has 0 fully saturated rings. The maximum absolute atomic E-state index is 12.5. The number of nitrogens with zero attached hydrogens (tertiary/aromatic N) is 3. The molecule has 1 aromatic heterocycles. The number of ether oxygens (including phenoxy) is 1. The number of likely N-dealkylation sites (N-methyl/N-ethyl adjacent to an activating group) is 1. The van der Waals surface area contributed by atoms with Crippen molar-refractivity contribution in [1.29, 1.82) is 5.26 Å². The topological polar surface area (TPSA) is 83.3 Å². The number of carbonyl (C=O) groups is 2. The van der Waals surface area contributed by atoms with Gasteiger partial charge in [0, 0.05) is 24.7 Å². The van der Waals surface area contributed by atoms with Gasteiger partial charge in [-0.05, 0) is 26.0 Å². The van der Waals surface area contributed by atoms with Gasteiger partial charge in [0.15, 0.2) is 6.10 Å². The molecule has 1 amide bonds. The molecule has 0 saturated carbocycles. The summed E-state index contributed by atoms with van der Waals surface area (Å²) in [6.07, 6.45) is -0.690. The highest BCUT2D eigenvalue weighted by molar-refractivity contribution is 6.04. The fraction of sp³-hybridized carbons (Fsp3) is 0.333. The third-order valence-electron chi connectivity index (χ3n) is 3.63. The molecule has 0 aliphatic rings. The van der Waals surface area contributed by atoms with Crippen LogP contribution in [-0.4, -0.2) is 41.5 Å². The van der Waals surface area contributed by atoms with Crippen molar-refractivity contribution in [1.82, 2.24) is 9.88 Å². The first-order chi connectivity index (χ1) is 11.4. The van der Waals surface area contributed by atoms with Crippen LogP contribution in [0.25, 0.3) is 10.9 Å². The molecule has 124 valence electrons. The SMILES string of the molecule is Cc1cc(C(=O)O[C@H](C)C(=O)N(C)CCC#N)c2ccccc2n1. The predicted molar refractivity (Wildman–Crippen MR) is 89.2 cm³/mol. The van der Waals surface area contributed by atoms with E-state index in [-0.39, 0.29) is 12.3 Å². The minimum Gasteiger partial charge on any atom is -0.449 e. The average molecular weight is 325 g/mol. The Balaban J connectivity index is 2.18. The van der Waals surface area contributed by atoms with E-state index < -0.39 is 12.1 Å². The second-order valence-corrected chi connectivity index (χ2v) is 5.54. The van der Waals surface area contributed by atoms with Gasteiger partial charge in [0.25, 0.3) is 5.91 Å². The number of fused-ring (bicyclic) bond motifs is 1. The third kappa shape index (κ3) is 3.87. The van der Waals surface area contributed by atoms with Crippen molar-refractivity contribution in [2.75, 3.05) is 13.6 Å². The normalized spacial score (nSPS) is 11.6. The lowest BCUT2D eigenvalue weighted by molar-refractivity contribution is -0.138. The van der Waals surface area contributed by atoms with E-state index >= 15 is 0 Å². The van der Waals surface area contributed by atoms with E-state index in [2.05, 4.69) is 4.98 Å². The van der Waals surface area contributed by atoms with Gasteiger partial charge in [0.2, 0.25) is 0 Å². The summed E-state index contributed by atoms with van der Waals surface area (Å²) in [7, 11) is 1.58. The highest BCUT2D eigenvalue weighted by atomic mass is 16.5. The molecule has 2 rings (SSSR count). The Morgan fingerprint density at radius 1 is 1.38 bits per heavy atom. The fourth-order valence-electron chi connectivity index (χ4n) is 2.39. The molecule has 1 atom stereocenters. The highest BCUT2D eigenvalue weighted by Gasteiger charge is 2.23. The summed E-state index contributed by atoms with van der Waals surface area (Å²) in [5, 5.41) is 9.26.